The zero-order valence-electron chi connectivity index (χ0n) is 11.0. The van der Waals surface area contributed by atoms with Crippen molar-refractivity contribution in [1.82, 2.24) is 5.32 Å². The lowest BCUT2D eigenvalue weighted by molar-refractivity contribution is 0.0937. The van der Waals surface area contributed by atoms with Crippen LogP contribution in [0.5, 0.6) is 5.75 Å². The van der Waals surface area contributed by atoms with Gasteiger partial charge in [-0.15, -0.1) is 0 Å². The van der Waals surface area contributed by atoms with E-state index < -0.39 is 5.82 Å². The van der Waals surface area contributed by atoms with Crippen molar-refractivity contribution in [3.63, 3.8) is 0 Å². The zero-order chi connectivity index (χ0) is 13.8. The number of hydrogen-bond acceptors (Lipinski definition) is 3. The molecule has 5 heteroatoms. The van der Waals surface area contributed by atoms with Crippen LogP contribution in [0.4, 0.5) is 4.39 Å². The van der Waals surface area contributed by atoms with Gasteiger partial charge in [0.05, 0.1) is 6.61 Å². The van der Waals surface area contributed by atoms with Crippen molar-refractivity contribution in [3.05, 3.63) is 29.6 Å². The summed E-state index contributed by atoms with van der Waals surface area (Å²) in [6.45, 7) is 2.17. The van der Waals surface area contributed by atoms with Crippen LogP contribution in [-0.2, 0) is 0 Å². The van der Waals surface area contributed by atoms with Gasteiger partial charge in [0.25, 0.3) is 5.91 Å². The fourth-order valence-corrected chi connectivity index (χ4v) is 2.33. The highest BCUT2D eigenvalue weighted by atomic mass is 19.1. The maximum Gasteiger partial charge on any atom is 0.251 e. The fourth-order valence-electron chi connectivity index (χ4n) is 2.33. The first-order valence-corrected chi connectivity index (χ1v) is 6.59. The average molecular weight is 266 g/mol. The molecule has 2 rings (SSSR count). The largest absolute Gasteiger partial charge is 0.491 e. The Labute approximate surface area is 112 Å². The van der Waals surface area contributed by atoms with Crippen molar-refractivity contribution in [1.29, 1.82) is 0 Å². The van der Waals surface area contributed by atoms with Crippen LogP contribution in [0, 0.1) is 5.82 Å². The summed E-state index contributed by atoms with van der Waals surface area (Å²) in [7, 11) is 0. The maximum absolute atomic E-state index is 13.6. The van der Waals surface area contributed by atoms with Crippen LogP contribution in [0.15, 0.2) is 18.2 Å². The lowest BCUT2D eigenvalue weighted by Gasteiger charge is -2.13. The standard InChI is InChI=1S/C14H19FN2O2/c1-2-19-13-6-3-9(7-12(13)15)14(18)17-11-5-4-10(16)8-11/h3,6-7,10-11H,2,4-5,8,16H2,1H3,(H,17,18). The molecule has 1 fully saturated rings. The minimum atomic E-state index is -0.516. The molecular weight excluding hydrogens is 247 g/mol. The van der Waals surface area contributed by atoms with Crippen LogP contribution in [0.1, 0.15) is 36.5 Å². The molecule has 0 aliphatic heterocycles. The van der Waals surface area contributed by atoms with Crippen molar-refractivity contribution in [2.45, 2.75) is 38.3 Å². The SMILES string of the molecule is CCOc1ccc(C(=O)NC2CCC(N)C2)cc1F. The summed E-state index contributed by atoms with van der Waals surface area (Å²) in [4.78, 5) is 12.0. The summed E-state index contributed by atoms with van der Waals surface area (Å²) in [6, 6.07) is 4.50. The molecule has 19 heavy (non-hydrogen) atoms. The van der Waals surface area contributed by atoms with Gasteiger partial charge < -0.3 is 15.8 Å². The molecule has 0 spiro atoms. The van der Waals surface area contributed by atoms with Crippen molar-refractivity contribution in [2.24, 2.45) is 5.73 Å². The Kier molecular flexibility index (Phi) is 4.37. The molecule has 104 valence electrons. The van der Waals surface area contributed by atoms with Crippen LogP contribution < -0.4 is 15.8 Å². The van der Waals surface area contributed by atoms with Crippen LogP contribution >= 0.6 is 0 Å². The molecule has 1 aliphatic carbocycles. The van der Waals surface area contributed by atoms with E-state index in [1.165, 1.54) is 12.1 Å². The lowest BCUT2D eigenvalue weighted by atomic mass is 10.1. The number of rotatable bonds is 4. The normalized spacial score (nSPS) is 22.3. The highest BCUT2D eigenvalue weighted by Gasteiger charge is 2.23. The highest BCUT2D eigenvalue weighted by molar-refractivity contribution is 5.94. The van der Waals surface area contributed by atoms with Gasteiger partial charge in [-0.3, -0.25) is 4.79 Å². The second kappa shape index (κ2) is 6.02. The van der Waals surface area contributed by atoms with Gasteiger partial charge in [0.2, 0.25) is 0 Å². The number of halogens is 1. The van der Waals surface area contributed by atoms with E-state index in [2.05, 4.69) is 5.32 Å². The molecule has 1 amide bonds. The highest BCUT2D eigenvalue weighted by Crippen LogP contribution is 2.20. The number of ether oxygens (including phenoxy) is 1. The Hall–Kier alpha value is -1.62. The molecule has 3 N–H and O–H groups in total. The van der Waals surface area contributed by atoms with Crippen LogP contribution in [0.3, 0.4) is 0 Å². The summed E-state index contributed by atoms with van der Waals surface area (Å²) < 4.78 is 18.7. The lowest BCUT2D eigenvalue weighted by Crippen LogP contribution is -2.34. The number of amides is 1. The molecule has 0 heterocycles. The Bertz CT molecular complexity index is 465. The first-order chi connectivity index (χ1) is 9.10. The topological polar surface area (TPSA) is 64.3 Å². The monoisotopic (exact) mass is 266 g/mol. The second-order valence-electron chi connectivity index (χ2n) is 4.82. The van der Waals surface area contributed by atoms with Crippen molar-refractivity contribution >= 4 is 5.91 Å². The average Bonchev–Trinajstić information content (AvgIpc) is 2.77. The van der Waals surface area contributed by atoms with Gasteiger partial charge in [-0.25, -0.2) is 4.39 Å². The van der Waals surface area contributed by atoms with E-state index in [9.17, 15) is 9.18 Å². The van der Waals surface area contributed by atoms with E-state index in [0.29, 0.717) is 12.2 Å². The Morgan fingerprint density at radius 3 is 2.89 bits per heavy atom. The fraction of sp³-hybridized carbons (Fsp3) is 0.500. The molecule has 0 radical (unpaired) electrons. The Morgan fingerprint density at radius 1 is 1.53 bits per heavy atom. The summed E-state index contributed by atoms with van der Waals surface area (Å²) in [6.07, 6.45) is 2.58. The van der Waals surface area contributed by atoms with E-state index >= 15 is 0 Å². The van der Waals surface area contributed by atoms with Gasteiger partial charge in [0.1, 0.15) is 0 Å². The molecule has 2 unspecified atom stereocenters. The third-order valence-electron chi connectivity index (χ3n) is 3.30. The van der Waals surface area contributed by atoms with Gasteiger partial charge in [-0.05, 0) is 44.4 Å². The van der Waals surface area contributed by atoms with Gasteiger partial charge >= 0.3 is 0 Å². The zero-order valence-corrected chi connectivity index (χ0v) is 11.0. The Morgan fingerprint density at radius 2 is 2.32 bits per heavy atom. The molecular formula is C14H19FN2O2. The molecule has 2 atom stereocenters. The molecule has 4 nitrogen and oxygen atoms in total. The van der Waals surface area contributed by atoms with Gasteiger partial charge in [-0.1, -0.05) is 0 Å². The molecule has 1 aromatic rings. The number of nitrogens with two attached hydrogens (primary N) is 1. The quantitative estimate of drug-likeness (QED) is 0.874. The van der Waals surface area contributed by atoms with Crippen LogP contribution in [0.25, 0.3) is 0 Å². The maximum atomic E-state index is 13.6. The van der Waals surface area contributed by atoms with E-state index in [1.54, 1.807) is 13.0 Å². The van der Waals surface area contributed by atoms with E-state index in [-0.39, 0.29) is 23.7 Å². The third kappa shape index (κ3) is 3.44. The van der Waals surface area contributed by atoms with E-state index in [1.807, 2.05) is 0 Å². The van der Waals surface area contributed by atoms with Crippen molar-refractivity contribution < 1.29 is 13.9 Å². The first kappa shape index (κ1) is 13.8. The number of hydrogen-bond donors (Lipinski definition) is 2. The molecule has 1 saturated carbocycles. The first-order valence-electron chi connectivity index (χ1n) is 6.59. The molecule has 1 aromatic carbocycles. The molecule has 0 saturated heterocycles. The minimum Gasteiger partial charge on any atom is -0.491 e. The smallest absolute Gasteiger partial charge is 0.251 e. The van der Waals surface area contributed by atoms with Crippen LogP contribution in [0.2, 0.25) is 0 Å². The summed E-state index contributed by atoms with van der Waals surface area (Å²) in [5.41, 5.74) is 6.10. The van der Waals surface area contributed by atoms with Gasteiger partial charge in [0.15, 0.2) is 11.6 Å². The van der Waals surface area contributed by atoms with Crippen molar-refractivity contribution in [2.75, 3.05) is 6.61 Å². The van der Waals surface area contributed by atoms with Gasteiger partial charge in [-0.2, -0.15) is 0 Å². The third-order valence-corrected chi connectivity index (χ3v) is 3.30. The van der Waals surface area contributed by atoms with E-state index in [0.717, 1.165) is 19.3 Å². The minimum absolute atomic E-state index is 0.0946. The predicted molar refractivity (Wildman–Crippen MR) is 70.6 cm³/mol. The number of benzene rings is 1. The number of carbonyl (C=O) groups is 1. The molecule has 1 aliphatic rings. The summed E-state index contributed by atoms with van der Waals surface area (Å²) >= 11 is 0. The van der Waals surface area contributed by atoms with Crippen molar-refractivity contribution in [3.8, 4) is 5.75 Å². The summed E-state index contributed by atoms with van der Waals surface area (Å²) in [5, 5.41) is 2.88. The Balaban J connectivity index is 2.01. The van der Waals surface area contributed by atoms with E-state index in [4.69, 9.17) is 10.5 Å². The second-order valence-corrected chi connectivity index (χ2v) is 4.82. The predicted octanol–water partition coefficient (Wildman–Crippen LogP) is 1.83. The van der Waals surface area contributed by atoms with Gasteiger partial charge in [0, 0.05) is 17.6 Å². The number of nitrogens with one attached hydrogen (secondary N) is 1. The molecule has 0 bridgehead atoms. The summed E-state index contributed by atoms with van der Waals surface area (Å²) in [5.74, 6) is -0.611. The number of carbonyl (C=O) groups excluding carboxylic acids is 1. The molecule has 0 aromatic heterocycles. The van der Waals surface area contributed by atoms with Crippen LogP contribution in [-0.4, -0.2) is 24.6 Å².